The van der Waals surface area contributed by atoms with Gasteiger partial charge in [-0.15, -0.1) is 0 Å². The van der Waals surface area contributed by atoms with Gasteiger partial charge in [-0.25, -0.2) is 4.99 Å². The molecular weight excluding hydrogens is 186 g/mol. The largest absolute Gasteiger partial charge is 0.293 e. The molecule has 0 atom stereocenters. The summed E-state index contributed by atoms with van der Waals surface area (Å²) >= 11 is 0. The van der Waals surface area contributed by atoms with E-state index in [2.05, 4.69) is 24.0 Å². The van der Waals surface area contributed by atoms with E-state index < -0.39 is 0 Å². The molecule has 0 saturated carbocycles. The lowest BCUT2D eigenvalue weighted by atomic mass is 10.1. The predicted octanol–water partition coefficient (Wildman–Crippen LogP) is 3.29. The molecule has 0 aliphatic carbocycles. The Morgan fingerprint density at radius 2 is 1.53 bits per heavy atom. The summed E-state index contributed by atoms with van der Waals surface area (Å²) in [6, 6.07) is 4.17. The SMILES string of the molecule is CC(=O)/C(C)=N/c1c(C)cc(C)cc1C. The summed E-state index contributed by atoms with van der Waals surface area (Å²) in [5, 5.41) is 0. The molecule has 0 bridgehead atoms. The van der Waals surface area contributed by atoms with E-state index in [-0.39, 0.29) is 5.78 Å². The van der Waals surface area contributed by atoms with E-state index in [1.807, 2.05) is 13.8 Å². The highest BCUT2D eigenvalue weighted by Crippen LogP contribution is 2.25. The number of carbonyl (C=O) groups is 1. The maximum Gasteiger partial charge on any atom is 0.173 e. The van der Waals surface area contributed by atoms with Gasteiger partial charge in [0.25, 0.3) is 0 Å². The minimum atomic E-state index is 0.0226. The first-order valence-electron chi connectivity index (χ1n) is 5.06. The van der Waals surface area contributed by atoms with E-state index in [0.717, 1.165) is 16.8 Å². The zero-order valence-electron chi connectivity index (χ0n) is 10.0. The lowest BCUT2D eigenvalue weighted by Crippen LogP contribution is -2.03. The fraction of sp³-hybridized carbons (Fsp3) is 0.385. The molecule has 80 valence electrons. The van der Waals surface area contributed by atoms with Crippen LogP contribution in [0.2, 0.25) is 0 Å². The summed E-state index contributed by atoms with van der Waals surface area (Å²) in [4.78, 5) is 15.5. The van der Waals surface area contributed by atoms with Crippen molar-refractivity contribution in [2.24, 2.45) is 4.99 Å². The third-order valence-corrected chi connectivity index (χ3v) is 2.42. The predicted molar refractivity (Wildman–Crippen MR) is 64.1 cm³/mol. The van der Waals surface area contributed by atoms with Crippen molar-refractivity contribution in [2.75, 3.05) is 0 Å². The van der Waals surface area contributed by atoms with Crippen LogP contribution in [0.4, 0.5) is 5.69 Å². The summed E-state index contributed by atoms with van der Waals surface area (Å²) in [5.74, 6) is 0.0226. The van der Waals surface area contributed by atoms with Crippen molar-refractivity contribution >= 4 is 17.2 Å². The fourth-order valence-electron chi connectivity index (χ4n) is 1.60. The summed E-state index contributed by atoms with van der Waals surface area (Å²) in [6.07, 6.45) is 0. The van der Waals surface area contributed by atoms with E-state index >= 15 is 0 Å². The molecule has 0 aromatic heterocycles. The van der Waals surface area contributed by atoms with Crippen molar-refractivity contribution in [3.05, 3.63) is 28.8 Å². The number of hydrogen-bond donors (Lipinski definition) is 0. The highest BCUT2D eigenvalue weighted by molar-refractivity contribution is 6.38. The number of carbonyl (C=O) groups excluding carboxylic acids is 1. The molecule has 15 heavy (non-hydrogen) atoms. The van der Waals surface area contributed by atoms with E-state index in [1.165, 1.54) is 12.5 Å². The standard InChI is InChI=1S/C13H17NO/c1-8-6-9(2)13(10(3)7-8)14-11(4)12(5)15/h6-7H,1-5H3/b14-11+. The second-order valence-electron chi connectivity index (χ2n) is 4.00. The van der Waals surface area contributed by atoms with Crippen molar-refractivity contribution in [1.82, 2.24) is 0 Å². The number of hydrogen-bond acceptors (Lipinski definition) is 2. The second kappa shape index (κ2) is 4.39. The molecule has 0 N–H and O–H groups in total. The van der Waals surface area contributed by atoms with Gasteiger partial charge in [0.15, 0.2) is 5.78 Å². The molecule has 1 rings (SSSR count). The van der Waals surface area contributed by atoms with Crippen LogP contribution in [-0.2, 0) is 4.79 Å². The van der Waals surface area contributed by atoms with Crippen LogP contribution in [0.5, 0.6) is 0 Å². The first-order valence-corrected chi connectivity index (χ1v) is 5.06. The molecule has 0 radical (unpaired) electrons. The maximum absolute atomic E-state index is 11.1. The summed E-state index contributed by atoms with van der Waals surface area (Å²) in [5.41, 5.74) is 4.95. The Morgan fingerprint density at radius 1 is 1.07 bits per heavy atom. The molecule has 2 nitrogen and oxygen atoms in total. The molecule has 1 aromatic rings. The summed E-state index contributed by atoms with van der Waals surface area (Å²) in [7, 11) is 0. The summed E-state index contributed by atoms with van der Waals surface area (Å²) in [6.45, 7) is 9.39. The number of Topliss-reactive ketones (excluding diaryl/α,β-unsaturated/α-hetero) is 1. The van der Waals surface area contributed by atoms with E-state index in [9.17, 15) is 4.79 Å². The van der Waals surface area contributed by atoms with Crippen molar-refractivity contribution in [3.63, 3.8) is 0 Å². The minimum absolute atomic E-state index is 0.0226. The van der Waals surface area contributed by atoms with Gasteiger partial charge in [0, 0.05) is 6.92 Å². The molecule has 0 aliphatic rings. The Balaban J connectivity index is 3.27. The highest BCUT2D eigenvalue weighted by atomic mass is 16.1. The Bertz CT molecular complexity index is 407. The van der Waals surface area contributed by atoms with Gasteiger partial charge in [0.1, 0.15) is 0 Å². The van der Waals surface area contributed by atoms with Crippen molar-refractivity contribution < 1.29 is 4.79 Å². The van der Waals surface area contributed by atoms with Gasteiger partial charge in [-0.1, -0.05) is 17.7 Å². The van der Waals surface area contributed by atoms with Gasteiger partial charge in [0.05, 0.1) is 11.4 Å². The van der Waals surface area contributed by atoms with Crippen LogP contribution in [0.15, 0.2) is 17.1 Å². The van der Waals surface area contributed by atoms with Crippen LogP contribution in [0.1, 0.15) is 30.5 Å². The summed E-state index contributed by atoms with van der Waals surface area (Å²) < 4.78 is 0. The molecule has 0 fully saturated rings. The molecule has 0 amide bonds. The highest BCUT2D eigenvalue weighted by Gasteiger charge is 2.04. The van der Waals surface area contributed by atoms with Crippen LogP contribution < -0.4 is 0 Å². The number of ketones is 1. The normalized spacial score (nSPS) is 11.7. The van der Waals surface area contributed by atoms with Gasteiger partial charge in [-0.05, 0) is 38.8 Å². The fourth-order valence-corrected chi connectivity index (χ4v) is 1.60. The molecule has 0 aliphatic heterocycles. The molecule has 2 heteroatoms. The molecule has 0 saturated heterocycles. The van der Waals surface area contributed by atoms with Crippen LogP contribution in [0.3, 0.4) is 0 Å². The van der Waals surface area contributed by atoms with Gasteiger partial charge < -0.3 is 0 Å². The van der Waals surface area contributed by atoms with Crippen LogP contribution >= 0.6 is 0 Å². The average molecular weight is 203 g/mol. The lowest BCUT2D eigenvalue weighted by molar-refractivity contribution is -0.111. The van der Waals surface area contributed by atoms with Crippen molar-refractivity contribution in [2.45, 2.75) is 34.6 Å². The van der Waals surface area contributed by atoms with Gasteiger partial charge in [0.2, 0.25) is 0 Å². The van der Waals surface area contributed by atoms with E-state index in [4.69, 9.17) is 0 Å². The molecule has 1 aromatic carbocycles. The minimum Gasteiger partial charge on any atom is -0.293 e. The van der Waals surface area contributed by atoms with Crippen LogP contribution in [-0.4, -0.2) is 11.5 Å². The maximum atomic E-state index is 11.1. The Kier molecular flexibility index (Phi) is 3.40. The van der Waals surface area contributed by atoms with Crippen LogP contribution in [0, 0.1) is 20.8 Å². The van der Waals surface area contributed by atoms with E-state index in [0.29, 0.717) is 5.71 Å². The first kappa shape index (κ1) is 11.6. The monoisotopic (exact) mass is 203 g/mol. The van der Waals surface area contributed by atoms with Gasteiger partial charge in [-0.3, -0.25) is 4.79 Å². The van der Waals surface area contributed by atoms with Crippen molar-refractivity contribution in [3.8, 4) is 0 Å². The topological polar surface area (TPSA) is 29.4 Å². The zero-order valence-corrected chi connectivity index (χ0v) is 10.0. The number of aliphatic imine (C=N–C) groups is 1. The Morgan fingerprint density at radius 3 is 1.93 bits per heavy atom. The molecular formula is C13H17NO. The van der Waals surface area contributed by atoms with Gasteiger partial charge in [-0.2, -0.15) is 0 Å². The van der Waals surface area contributed by atoms with Crippen LogP contribution in [0.25, 0.3) is 0 Å². The molecule has 0 spiro atoms. The third kappa shape index (κ3) is 2.75. The second-order valence-corrected chi connectivity index (χ2v) is 4.00. The van der Waals surface area contributed by atoms with Gasteiger partial charge >= 0.3 is 0 Å². The number of benzene rings is 1. The lowest BCUT2D eigenvalue weighted by Gasteiger charge is -2.07. The quantitative estimate of drug-likeness (QED) is 0.678. The number of aryl methyl sites for hydroxylation is 3. The molecule has 0 heterocycles. The third-order valence-electron chi connectivity index (χ3n) is 2.42. The Hall–Kier alpha value is -1.44. The molecule has 0 unspecified atom stereocenters. The van der Waals surface area contributed by atoms with Crippen molar-refractivity contribution in [1.29, 1.82) is 0 Å². The van der Waals surface area contributed by atoms with E-state index in [1.54, 1.807) is 6.92 Å². The zero-order chi connectivity index (χ0) is 11.6. The average Bonchev–Trinajstić information content (AvgIpc) is 2.10. The number of nitrogens with zero attached hydrogens (tertiary/aromatic N) is 1. The first-order chi connectivity index (χ1) is 6.91. The smallest absolute Gasteiger partial charge is 0.173 e. The Labute approximate surface area is 91.0 Å². The number of rotatable bonds is 2.